The summed E-state index contributed by atoms with van der Waals surface area (Å²) in [7, 11) is 0. The van der Waals surface area contributed by atoms with Gasteiger partial charge in [-0.05, 0) is 48.6 Å². The van der Waals surface area contributed by atoms with Gasteiger partial charge < -0.3 is 15.5 Å². The van der Waals surface area contributed by atoms with Gasteiger partial charge in [-0.2, -0.15) is 13.9 Å². The molecule has 1 atom stereocenters. The Hall–Kier alpha value is -4.08. The minimum atomic E-state index is -3.18. The molecule has 2 aromatic heterocycles. The predicted octanol–water partition coefficient (Wildman–Crippen LogP) is 4.15. The molecule has 1 fully saturated rings. The van der Waals surface area contributed by atoms with E-state index in [-0.39, 0.29) is 23.7 Å². The molecular weight excluding hydrogens is 502 g/mol. The molecule has 1 aliphatic carbocycles. The second-order valence-electron chi connectivity index (χ2n) is 10.6. The number of hydrogen-bond acceptors (Lipinski definition) is 5. The van der Waals surface area contributed by atoms with Gasteiger partial charge in [0, 0.05) is 56.8 Å². The van der Waals surface area contributed by atoms with Crippen molar-refractivity contribution in [2.45, 2.75) is 50.5 Å². The number of rotatable bonds is 5. The van der Waals surface area contributed by atoms with Gasteiger partial charge in [0.1, 0.15) is 5.69 Å². The summed E-state index contributed by atoms with van der Waals surface area (Å²) in [6.07, 6.45) is 5.94. The average Bonchev–Trinajstić information content (AvgIpc) is 3.73. The fourth-order valence-electron chi connectivity index (χ4n) is 5.73. The Kier molecular flexibility index (Phi) is 6.00. The van der Waals surface area contributed by atoms with Crippen LogP contribution in [-0.4, -0.2) is 56.0 Å². The summed E-state index contributed by atoms with van der Waals surface area (Å²) in [5, 5.41) is 4.97. The summed E-state index contributed by atoms with van der Waals surface area (Å²) < 4.78 is 29.6. The molecule has 0 saturated heterocycles. The standard InChI is InChI=1S/C29H30F2N6O2/c1-3-26(38)35-12-10-22-27-23(37(34-22)19-8-6-18(7-9-19)17-4-5-17)11-13-36(24(27)16-35)28(39)20-15-33-25(14-21(20)32)29(2,30)31/h3,6-9,14-15,17,24H,1,4-5,10-13,16H2,2H3,(H2,32,33)/t24-/m0/s1. The summed E-state index contributed by atoms with van der Waals surface area (Å²) in [6.45, 7) is 5.42. The van der Waals surface area contributed by atoms with Crippen LogP contribution in [0.15, 0.2) is 49.2 Å². The van der Waals surface area contributed by atoms with Gasteiger partial charge in [0.2, 0.25) is 5.91 Å². The number of amides is 2. The maximum absolute atomic E-state index is 13.8. The zero-order valence-electron chi connectivity index (χ0n) is 21.7. The van der Waals surface area contributed by atoms with Crippen LogP contribution in [0.2, 0.25) is 0 Å². The van der Waals surface area contributed by atoms with Crippen molar-refractivity contribution in [1.29, 1.82) is 0 Å². The molecule has 2 amide bonds. The van der Waals surface area contributed by atoms with E-state index in [2.05, 4.69) is 35.8 Å². The summed E-state index contributed by atoms with van der Waals surface area (Å²) in [4.78, 5) is 33.6. The molecule has 3 aromatic rings. The highest BCUT2D eigenvalue weighted by molar-refractivity contribution is 5.99. The van der Waals surface area contributed by atoms with Crippen LogP contribution in [-0.2, 0) is 23.6 Å². The quantitative estimate of drug-likeness (QED) is 0.498. The van der Waals surface area contributed by atoms with Crippen LogP contribution in [0.25, 0.3) is 5.69 Å². The molecule has 0 radical (unpaired) electrons. The summed E-state index contributed by atoms with van der Waals surface area (Å²) >= 11 is 0. The van der Waals surface area contributed by atoms with E-state index in [1.165, 1.54) is 24.5 Å². The number of nitrogens with two attached hydrogens (primary N) is 1. The first-order chi connectivity index (χ1) is 18.7. The number of nitrogens with zero attached hydrogens (tertiary/aromatic N) is 5. The minimum absolute atomic E-state index is 0.0573. The molecule has 10 heteroatoms. The van der Waals surface area contributed by atoms with Crippen molar-refractivity contribution in [3.63, 3.8) is 0 Å². The van der Waals surface area contributed by atoms with Crippen LogP contribution < -0.4 is 5.73 Å². The summed E-state index contributed by atoms with van der Waals surface area (Å²) in [5.74, 6) is -3.16. The van der Waals surface area contributed by atoms with E-state index in [9.17, 15) is 18.4 Å². The van der Waals surface area contributed by atoms with Gasteiger partial charge in [-0.1, -0.05) is 18.7 Å². The highest BCUT2D eigenvalue weighted by atomic mass is 19.3. The van der Waals surface area contributed by atoms with Crippen molar-refractivity contribution < 1.29 is 18.4 Å². The number of carbonyl (C=O) groups is 2. The van der Waals surface area contributed by atoms with Gasteiger partial charge >= 0.3 is 0 Å². The normalized spacial score (nSPS) is 18.9. The molecule has 4 heterocycles. The average molecular weight is 533 g/mol. The zero-order chi connectivity index (χ0) is 27.5. The topological polar surface area (TPSA) is 97.4 Å². The van der Waals surface area contributed by atoms with Gasteiger partial charge in [0.15, 0.2) is 0 Å². The Morgan fingerprint density at radius 1 is 1.15 bits per heavy atom. The third-order valence-electron chi connectivity index (χ3n) is 7.96. The third kappa shape index (κ3) is 4.47. The monoisotopic (exact) mass is 532 g/mol. The molecule has 0 unspecified atom stereocenters. The SMILES string of the molecule is C=CC(=O)N1CCc2nn(-c3ccc(C4CC4)cc3)c3c2[C@H](C1)N(C(=O)c1cnc(C(C)(F)F)cc1N)CC3. The van der Waals surface area contributed by atoms with Crippen molar-refractivity contribution in [3.8, 4) is 5.69 Å². The molecule has 6 rings (SSSR count). The number of anilines is 1. The number of benzene rings is 1. The van der Waals surface area contributed by atoms with E-state index in [0.717, 1.165) is 41.8 Å². The first-order valence-electron chi connectivity index (χ1n) is 13.2. The molecule has 3 aliphatic rings. The lowest BCUT2D eigenvalue weighted by Crippen LogP contribution is -2.46. The smallest absolute Gasteiger partial charge is 0.287 e. The number of alkyl halides is 2. The number of nitrogen functional groups attached to an aromatic ring is 1. The Morgan fingerprint density at radius 2 is 1.90 bits per heavy atom. The molecule has 1 aromatic carbocycles. The van der Waals surface area contributed by atoms with Crippen LogP contribution in [0.1, 0.15) is 70.3 Å². The Labute approximate surface area is 225 Å². The van der Waals surface area contributed by atoms with E-state index in [1.54, 1.807) is 9.80 Å². The number of carbonyl (C=O) groups excluding carboxylic acids is 2. The van der Waals surface area contributed by atoms with Crippen LogP contribution in [0, 0.1) is 0 Å². The van der Waals surface area contributed by atoms with Crippen molar-refractivity contribution in [3.05, 3.63) is 83.0 Å². The molecule has 0 bridgehead atoms. The van der Waals surface area contributed by atoms with Crippen LogP contribution >= 0.6 is 0 Å². The van der Waals surface area contributed by atoms with Crippen LogP contribution in [0.5, 0.6) is 0 Å². The fraction of sp³-hybridized carbons (Fsp3) is 0.379. The zero-order valence-corrected chi connectivity index (χ0v) is 21.7. The molecular formula is C29H30F2N6O2. The van der Waals surface area contributed by atoms with Crippen molar-refractivity contribution >= 4 is 17.5 Å². The van der Waals surface area contributed by atoms with Gasteiger partial charge in [-0.15, -0.1) is 0 Å². The second kappa shape index (κ2) is 9.29. The van der Waals surface area contributed by atoms with Crippen molar-refractivity contribution in [1.82, 2.24) is 24.6 Å². The Morgan fingerprint density at radius 3 is 2.54 bits per heavy atom. The van der Waals surface area contributed by atoms with Gasteiger partial charge in [-0.25, -0.2) is 4.68 Å². The largest absolute Gasteiger partial charge is 0.398 e. The van der Waals surface area contributed by atoms with Crippen molar-refractivity contribution in [2.24, 2.45) is 0 Å². The lowest BCUT2D eigenvalue weighted by atomic mass is 9.94. The van der Waals surface area contributed by atoms with Crippen molar-refractivity contribution in [2.75, 3.05) is 25.4 Å². The van der Waals surface area contributed by atoms with E-state index >= 15 is 0 Å². The molecule has 202 valence electrons. The van der Waals surface area contributed by atoms with Gasteiger partial charge in [0.25, 0.3) is 11.8 Å². The molecule has 2 aliphatic heterocycles. The second-order valence-corrected chi connectivity index (χ2v) is 10.6. The Bertz CT molecular complexity index is 1470. The molecule has 39 heavy (non-hydrogen) atoms. The number of halogens is 2. The van der Waals surface area contributed by atoms with Gasteiger partial charge in [-0.3, -0.25) is 14.6 Å². The maximum atomic E-state index is 13.8. The molecule has 0 spiro atoms. The number of hydrogen-bond donors (Lipinski definition) is 1. The lowest BCUT2D eigenvalue weighted by molar-refractivity contribution is -0.126. The number of aromatic nitrogens is 3. The highest BCUT2D eigenvalue weighted by Gasteiger charge is 2.40. The molecule has 2 N–H and O–H groups in total. The summed E-state index contributed by atoms with van der Waals surface area (Å²) in [6, 6.07) is 9.08. The lowest BCUT2D eigenvalue weighted by Gasteiger charge is -2.38. The first kappa shape index (κ1) is 25.2. The van der Waals surface area contributed by atoms with E-state index in [4.69, 9.17) is 10.8 Å². The van der Waals surface area contributed by atoms with E-state index in [1.807, 2.05) is 4.68 Å². The maximum Gasteiger partial charge on any atom is 0.287 e. The van der Waals surface area contributed by atoms with Crippen LogP contribution in [0.4, 0.5) is 14.5 Å². The first-order valence-corrected chi connectivity index (χ1v) is 13.2. The van der Waals surface area contributed by atoms with Gasteiger partial charge in [0.05, 0.1) is 28.7 Å². The molecule has 8 nitrogen and oxygen atoms in total. The summed E-state index contributed by atoms with van der Waals surface area (Å²) in [5.41, 5.74) is 10.7. The highest BCUT2D eigenvalue weighted by Crippen LogP contribution is 2.41. The van der Waals surface area contributed by atoms with E-state index in [0.29, 0.717) is 31.8 Å². The molecule has 1 saturated carbocycles. The predicted molar refractivity (Wildman–Crippen MR) is 142 cm³/mol. The number of pyridine rings is 1. The fourth-order valence-corrected chi connectivity index (χ4v) is 5.73. The third-order valence-corrected chi connectivity index (χ3v) is 7.96. The van der Waals surface area contributed by atoms with Crippen LogP contribution in [0.3, 0.4) is 0 Å². The van der Waals surface area contributed by atoms with E-state index < -0.39 is 23.6 Å². The minimum Gasteiger partial charge on any atom is -0.398 e. The Balaban J connectivity index is 1.39.